The summed E-state index contributed by atoms with van der Waals surface area (Å²) < 4.78 is 37.6. The summed E-state index contributed by atoms with van der Waals surface area (Å²) in [6, 6.07) is 0. The molecule has 0 atom stereocenters. The Morgan fingerprint density at radius 1 is 1.50 bits per heavy atom. The van der Waals surface area contributed by atoms with E-state index in [2.05, 4.69) is 9.97 Å². The molecule has 0 aliphatic heterocycles. The summed E-state index contributed by atoms with van der Waals surface area (Å²) in [5.74, 6) is -1.80. The fraction of sp³-hybridized carbons (Fsp3) is 0.556. The minimum atomic E-state index is -4.56. The van der Waals surface area contributed by atoms with Gasteiger partial charge in [0.25, 0.3) is 0 Å². The number of carbonyl (C=O) groups is 1. The Morgan fingerprint density at radius 3 is 2.38 bits per heavy atom. The van der Waals surface area contributed by atoms with Crippen LogP contribution < -0.4 is 0 Å². The van der Waals surface area contributed by atoms with E-state index in [1.807, 2.05) is 0 Å². The molecular weight excluding hydrogens is 225 g/mol. The first kappa shape index (κ1) is 12.5. The standard InChI is InChI=1S/C9H11F3N2O2/c1-4(2)7-8(9(10,11)12)14-5(13-7)3-6(15)16/h4H,3H2,1-2H3,(H,13,14)(H,15,16). The maximum Gasteiger partial charge on any atom is 0.435 e. The van der Waals surface area contributed by atoms with Gasteiger partial charge in [0.1, 0.15) is 12.2 Å². The maximum absolute atomic E-state index is 12.5. The van der Waals surface area contributed by atoms with Crippen LogP contribution in [0.25, 0.3) is 0 Å². The lowest BCUT2D eigenvalue weighted by atomic mass is 10.1. The molecule has 1 rings (SSSR count). The molecule has 0 unspecified atom stereocenters. The molecule has 0 spiro atoms. The van der Waals surface area contributed by atoms with Gasteiger partial charge in [-0.1, -0.05) is 13.8 Å². The molecule has 1 aromatic heterocycles. The second-order valence-corrected chi connectivity index (χ2v) is 3.67. The summed E-state index contributed by atoms with van der Waals surface area (Å²) in [6.07, 6.45) is -5.11. The Balaban J connectivity index is 3.15. The largest absolute Gasteiger partial charge is 0.481 e. The molecule has 0 radical (unpaired) electrons. The molecule has 0 saturated carbocycles. The SMILES string of the molecule is CC(C)c1[nH]c(CC(=O)O)nc1C(F)(F)F. The molecule has 0 aromatic carbocycles. The van der Waals surface area contributed by atoms with Gasteiger partial charge in [-0.2, -0.15) is 13.2 Å². The normalized spacial score (nSPS) is 12.1. The summed E-state index contributed by atoms with van der Waals surface area (Å²) in [4.78, 5) is 16.1. The van der Waals surface area contributed by atoms with Crippen LogP contribution in [0.5, 0.6) is 0 Å². The van der Waals surface area contributed by atoms with Crippen molar-refractivity contribution in [2.24, 2.45) is 0 Å². The van der Waals surface area contributed by atoms with Crippen LogP contribution in [-0.2, 0) is 17.4 Å². The van der Waals surface area contributed by atoms with Crippen molar-refractivity contribution >= 4 is 5.97 Å². The lowest BCUT2D eigenvalue weighted by molar-refractivity contribution is -0.142. The van der Waals surface area contributed by atoms with Crippen LogP contribution >= 0.6 is 0 Å². The monoisotopic (exact) mass is 236 g/mol. The predicted molar refractivity (Wildman–Crippen MR) is 49.0 cm³/mol. The first-order valence-electron chi connectivity index (χ1n) is 4.59. The molecule has 4 nitrogen and oxygen atoms in total. The van der Waals surface area contributed by atoms with Gasteiger partial charge in [-0.25, -0.2) is 4.98 Å². The number of carboxylic acids is 1. The molecule has 0 bridgehead atoms. The number of alkyl halides is 3. The van der Waals surface area contributed by atoms with Crippen molar-refractivity contribution < 1.29 is 23.1 Å². The van der Waals surface area contributed by atoms with E-state index in [1.54, 1.807) is 13.8 Å². The number of aromatic nitrogens is 2. The van der Waals surface area contributed by atoms with E-state index in [4.69, 9.17) is 5.11 Å². The summed E-state index contributed by atoms with van der Waals surface area (Å²) >= 11 is 0. The molecular formula is C9H11F3N2O2. The average molecular weight is 236 g/mol. The number of nitrogens with one attached hydrogen (secondary N) is 1. The highest BCUT2D eigenvalue weighted by molar-refractivity contribution is 5.69. The third-order valence-corrected chi connectivity index (χ3v) is 1.95. The first-order valence-corrected chi connectivity index (χ1v) is 4.59. The molecule has 0 aliphatic rings. The Morgan fingerprint density at radius 2 is 2.06 bits per heavy atom. The van der Waals surface area contributed by atoms with Gasteiger partial charge in [0.15, 0.2) is 5.69 Å². The van der Waals surface area contributed by atoms with Crippen molar-refractivity contribution in [1.29, 1.82) is 0 Å². The van der Waals surface area contributed by atoms with Gasteiger partial charge in [-0.15, -0.1) is 0 Å². The Bertz CT molecular complexity index is 396. The van der Waals surface area contributed by atoms with Crippen molar-refractivity contribution in [3.63, 3.8) is 0 Å². The molecule has 0 amide bonds. The lowest BCUT2D eigenvalue weighted by Gasteiger charge is -2.07. The number of imidazole rings is 1. The number of aromatic amines is 1. The van der Waals surface area contributed by atoms with E-state index < -0.39 is 30.2 Å². The Kier molecular flexibility index (Phi) is 3.25. The van der Waals surface area contributed by atoms with Crippen molar-refractivity contribution in [3.05, 3.63) is 17.2 Å². The molecule has 0 aliphatic carbocycles. The molecule has 16 heavy (non-hydrogen) atoms. The third-order valence-electron chi connectivity index (χ3n) is 1.95. The number of H-pyrrole nitrogens is 1. The van der Waals surface area contributed by atoms with Crippen LogP contribution in [0.1, 0.15) is 37.0 Å². The number of rotatable bonds is 3. The number of hydrogen-bond acceptors (Lipinski definition) is 2. The van der Waals surface area contributed by atoms with Crippen molar-refractivity contribution in [2.45, 2.75) is 32.4 Å². The van der Waals surface area contributed by atoms with Gasteiger partial charge in [-0.3, -0.25) is 4.79 Å². The summed E-state index contributed by atoms with van der Waals surface area (Å²) in [7, 11) is 0. The first-order chi connectivity index (χ1) is 7.21. The number of nitrogens with zero attached hydrogens (tertiary/aromatic N) is 1. The summed E-state index contributed by atoms with van der Waals surface area (Å²) in [5, 5.41) is 8.47. The Hall–Kier alpha value is -1.53. The molecule has 1 heterocycles. The number of aliphatic carboxylic acids is 1. The highest BCUT2D eigenvalue weighted by Crippen LogP contribution is 2.33. The van der Waals surface area contributed by atoms with Gasteiger partial charge in [0, 0.05) is 5.69 Å². The second kappa shape index (κ2) is 4.15. The molecule has 1 aromatic rings. The zero-order chi connectivity index (χ0) is 12.5. The fourth-order valence-electron chi connectivity index (χ4n) is 1.30. The number of carboxylic acid groups (broad SMARTS) is 1. The summed E-state index contributed by atoms with van der Waals surface area (Å²) in [6.45, 7) is 3.15. The third kappa shape index (κ3) is 2.74. The van der Waals surface area contributed by atoms with E-state index in [9.17, 15) is 18.0 Å². The second-order valence-electron chi connectivity index (χ2n) is 3.67. The van der Waals surface area contributed by atoms with Gasteiger partial charge in [0.2, 0.25) is 0 Å². The highest BCUT2D eigenvalue weighted by Gasteiger charge is 2.38. The number of hydrogen-bond donors (Lipinski definition) is 2. The van der Waals surface area contributed by atoms with Crippen LogP contribution in [0.2, 0.25) is 0 Å². The van der Waals surface area contributed by atoms with Crippen LogP contribution in [0.15, 0.2) is 0 Å². The highest BCUT2D eigenvalue weighted by atomic mass is 19.4. The fourth-order valence-corrected chi connectivity index (χ4v) is 1.30. The molecule has 0 fully saturated rings. The average Bonchev–Trinajstić information content (AvgIpc) is 2.45. The summed E-state index contributed by atoms with van der Waals surface area (Å²) in [5.41, 5.74) is -1.11. The molecule has 90 valence electrons. The smallest absolute Gasteiger partial charge is 0.435 e. The topological polar surface area (TPSA) is 66.0 Å². The van der Waals surface area contributed by atoms with Crippen molar-refractivity contribution in [3.8, 4) is 0 Å². The van der Waals surface area contributed by atoms with Crippen molar-refractivity contribution in [2.75, 3.05) is 0 Å². The minimum absolute atomic E-state index is 0.0799. The van der Waals surface area contributed by atoms with E-state index in [-0.39, 0.29) is 11.5 Å². The van der Waals surface area contributed by atoms with Crippen LogP contribution in [-0.4, -0.2) is 21.0 Å². The van der Waals surface area contributed by atoms with Gasteiger partial charge in [-0.05, 0) is 5.92 Å². The van der Waals surface area contributed by atoms with Gasteiger partial charge < -0.3 is 10.1 Å². The quantitative estimate of drug-likeness (QED) is 0.845. The molecule has 7 heteroatoms. The lowest BCUT2D eigenvalue weighted by Crippen LogP contribution is -2.10. The van der Waals surface area contributed by atoms with E-state index in [0.29, 0.717) is 0 Å². The van der Waals surface area contributed by atoms with E-state index in [0.717, 1.165) is 0 Å². The van der Waals surface area contributed by atoms with Crippen LogP contribution in [0.4, 0.5) is 13.2 Å². The zero-order valence-electron chi connectivity index (χ0n) is 8.72. The van der Waals surface area contributed by atoms with Gasteiger partial charge in [0.05, 0.1) is 0 Å². The van der Waals surface area contributed by atoms with Gasteiger partial charge >= 0.3 is 12.1 Å². The minimum Gasteiger partial charge on any atom is -0.481 e. The number of halogens is 3. The van der Waals surface area contributed by atoms with E-state index in [1.165, 1.54) is 0 Å². The molecule has 2 N–H and O–H groups in total. The molecule has 0 saturated heterocycles. The predicted octanol–water partition coefficient (Wildman–Crippen LogP) is 2.18. The maximum atomic E-state index is 12.5. The van der Waals surface area contributed by atoms with Crippen LogP contribution in [0.3, 0.4) is 0 Å². The van der Waals surface area contributed by atoms with E-state index >= 15 is 0 Å². The zero-order valence-corrected chi connectivity index (χ0v) is 8.72. The Labute approximate surface area is 89.5 Å². The van der Waals surface area contributed by atoms with Crippen molar-refractivity contribution in [1.82, 2.24) is 9.97 Å². The van der Waals surface area contributed by atoms with Crippen LogP contribution in [0, 0.1) is 0 Å².